The van der Waals surface area contributed by atoms with E-state index in [4.69, 9.17) is 9.47 Å². The van der Waals surface area contributed by atoms with Crippen molar-refractivity contribution in [1.29, 1.82) is 0 Å². The zero-order valence-corrected chi connectivity index (χ0v) is 9.71. The Hall–Kier alpha value is -0.120. The van der Waals surface area contributed by atoms with E-state index >= 15 is 0 Å². The molecule has 1 heterocycles. The number of nitrogens with one attached hydrogen (secondary N) is 1. The number of ether oxygens (including phenoxy) is 2. The Labute approximate surface area is 92.5 Å². The number of methoxy groups -OCH3 is 1. The van der Waals surface area contributed by atoms with Gasteiger partial charge in [-0.1, -0.05) is 0 Å². The second-order valence-electron chi connectivity index (χ2n) is 4.75. The summed E-state index contributed by atoms with van der Waals surface area (Å²) in [5, 5.41) is 3.61. The molecular weight excluding hydrogens is 190 g/mol. The minimum absolute atomic E-state index is 0.491. The highest BCUT2D eigenvalue weighted by molar-refractivity contribution is 4.81. The Balaban J connectivity index is 1.54. The van der Waals surface area contributed by atoms with Crippen molar-refractivity contribution < 1.29 is 9.47 Å². The average Bonchev–Trinajstić information content (AvgIpc) is 2.88. The van der Waals surface area contributed by atoms with Gasteiger partial charge in [-0.15, -0.1) is 0 Å². The van der Waals surface area contributed by atoms with Crippen LogP contribution in [0.2, 0.25) is 0 Å². The maximum Gasteiger partial charge on any atom is 0.0588 e. The van der Waals surface area contributed by atoms with Crippen LogP contribution >= 0.6 is 0 Å². The van der Waals surface area contributed by atoms with Crippen molar-refractivity contribution in [3.05, 3.63) is 0 Å². The molecular formula is C12H23NO2. The van der Waals surface area contributed by atoms with E-state index in [1.54, 1.807) is 0 Å². The molecule has 1 N–H and O–H groups in total. The third-order valence-electron chi connectivity index (χ3n) is 3.64. The molecule has 3 atom stereocenters. The highest BCUT2D eigenvalue weighted by Crippen LogP contribution is 2.21. The molecule has 0 bridgehead atoms. The molecule has 0 spiro atoms. The summed E-state index contributed by atoms with van der Waals surface area (Å²) in [6.45, 7) is 2.08. The van der Waals surface area contributed by atoms with Gasteiger partial charge in [0.25, 0.3) is 0 Å². The van der Waals surface area contributed by atoms with Crippen LogP contribution < -0.4 is 5.32 Å². The zero-order chi connectivity index (χ0) is 10.5. The van der Waals surface area contributed by atoms with Gasteiger partial charge in [0.05, 0.1) is 12.2 Å². The van der Waals surface area contributed by atoms with Gasteiger partial charge in [0.2, 0.25) is 0 Å². The minimum atomic E-state index is 0.491. The molecule has 1 aliphatic heterocycles. The molecule has 1 aliphatic carbocycles. The monoisotopic (exact) mass is 213 g/mol. The van der Waals surface area contributed by atoms with Gasteiger partial charge in [-0.2, -0.15) is 0 Å². The minimum Gasteiger partial charge on any atom is -0.381 e. The van der Waals surface area contributed by atoms with Crippen molar-refractivity contribution in [3.63, 3.8) is 0 Å². The maximum absolute atomic E-state index is 5.60. The lowest BCUT2D eigenvalue weighted by Gasteiger charge is -2.14. The van der Waals surface area contributed by atoms with E-state index in [1.165, 1.54) is 38.5 Å². The van der Waals surface area contributed by atoms with Crippen LogP contribution in [0.4, 0.5) is 0 Å². The van der Waals surface area contributed by atoms with E-state index in [1.807, 2.05) is 7.11 Å². The fourth-order valence-electron chi connectivity index (χ4n) is 2.66. The Morgan fingerprint density at radius 1 is 1.33 bits per heavy atom. The molecule has 0 radical (unpaired) electrons. The fourth-order valence-corrected chi connectivity index (χ4v) is 2.66. The van der Waals surface area contributed by atoms with Gasteiger partial charge >= 0.3 is 0 Å². The van der Waals surface area contributed by atoms with Crippen LogP contribution in [-0.4, -0.2) is 38.5 Å². The first-order valence-electron chi connectivity index (χ1n) is 6.26. The summed E-state index contributed by atoms with van der Waals surface area (Å²) in [7, 11) is 1.82. The van der Waals surface area contributed by atoms with E-state index in [0.717, 1.165) is 13.2 Å². The van der Waals surface area contributed by atoms with Crippen LogP contribution in [0.3, 0.4) is 0 Å². The molecule has 2 fully saturated rings. The van der Waals surface area contributed by atoms with Crippen LogP contribution in [0.15, 0.2) is 0 Å². The lowest BCUT2D eigenvalue weighted by atomic mass is 10.1. The van der Waals surface area contributed by atoms with Crippen molar-refractivity contribution in [2.75, 3.05) is 20.3 Å². The molecule has 2 rings (SSSR count). The van der Waals surface area contributed by atoms with Gasteiger partial charge < -0.3 is 14.8 Å². The third-order valence-corrected chi connectivity index (χ3v) is 3.64. The van der Waals surface area contributed by atoms with Gasteiger partial charge in [0, 0.05) is 19.8 Å². The smallest absolute Gasteiger partial charge is 0.0588 e. The second-order valence-corrected chi connectivity index (χ2v) is 4.75. The normalized spacial score (nSPS) is 36.2. The molecule has 0 amide bonds. The molecule has 0 aromatic rings. The first kappa shape index (κ1) is 11.4. The summed E-state index contributed by atoms with van der Waals surface area (Å²) >= 11 is 0. The highest BCUT2D eigenvalue weighted by Gasteiger charge is 2.24. The molecule has 1 saturated heterocycles. The fraction of sp³-hybridized carbons (Fsp3) is 1.00. The summed E-state index contributed by atoms with van der Waals surface area (Å²) in [4.78, 5) is 0. The van der Waals surface area contributed by atoms with Gasteiger partial charge in [-0.3, -0.25) is 0 Å². The Bertz CT molecular complexity index is 180. The summed E-state index contributed by atoms with van der Waals surface area (Å²) < 4.78 is 11.0. The Morgan fingerprint density at radius 2 is 2.27 bits per heavy atom. The summed E-state index contributed by atoms with van der Waals surface area (Å²) in [5.74, 6) is 0. The summed E-state index contributed by atoms with van der Waals surface area (Å²) in [6, 6.07) is 0.677. The molecule has 3 unspecified atom stereocenters. The van der Waals surface area contributed by atoms with Crippen LogP contribution in [0.5, 0.6) is 0 Å². The SMILES string of the molecule is COC1CCC(NCCC2CCCO2)C1. The molecule has 1 saturated carbocycles. The van der Waals surface area contributed by atoms with Crippen LogP contribution in [-0.2, 0) is 9.47 Å². The summed E-state index contributed by atoms with van der Waals surface area (Å²) in [6.07, 6.45) is 8.36. The zero-order valence-electron chi connectivity index (χ0n) is 9.71. The molecule has 2 aliphatic rings. The van der Waals surface area contributed by atoms with E-state index in [-0.39, 0.29) is 0 Å². The largest absolute Gasteiger partial charge is 0.381 e. The predicted molar refractivity (Wildman–Crippen MR) is 60.0 cm³/mol. The molecule has 3 heteroatoms. The quantitative estimate of drug-likeness (QED) is 0.754. The van der Waals surface area contributed by atoms with E-state index in [0.29, 0.717) is 18.2 Å². The number of hydrogen-bond donors (Lipinski definition) is 1. The second kappa shape index (κ2) is 5.83. The molecule has 3 nitrogen and oxygen atoms in total. The Morgan fingerprint density at radius 3 is 2.93 bits per heavy atom. The third kappa shape index (κ3) is 3.44. The van der Waals surface area contributed by atoms with Crippen molar-refractivity contribution >= 4 is 0 Å². The lowest BCUT2D eigenvalue weighted by Crippen LogP contribution is -2.30. The van der Waals surface area contributed by atoms with Crippen molar-refractivity contribution in [1.82, 2.24) is 5.32 Å². The molecule has 88 valence electrons. The van der Waals surface area contributed by atoms with E-state index in [2.05, 4.69) is 5.32 Å². The van der Waals surface area contributed by atoms with Crippen molar-refractivity contribution in [2.24, 2.45) is 0 Å². The van der Waals surface area contributed by atoms with E-state index in [9.17, 15) is 0 Å². The number of hydrogen-bond acceptors (Lipinski definition) is 3. The van der Waals surface area contributed by atoms with E-state index < -0.39 is 0 Å². The topological polar surface area (TPSA) is 30.5 Å². The molecule has 15 heavy (non-hydrogen) atoms. The first-order chi connectivity index (χ1) is 7.38. The maximum atomic E-state index is 5.60. The number of rotatable bonds is 5. The first-order valence-corrected chi connectivity index (χ1v) is 6.26. The molecule has 0 aromatic carbocycles. The van der Waals surface area contributed by atoms with Gasteiger partial charge in [0.1, 0.15) is 0 Å². The van der Waals surface area contributed by atoms with Crippen LogP contribution in [0.1, 0.15) is 38.5 Å². The predicted octanol–water partition coefficient (Wildman–Crippen LogP) is 1.71. The highest BCUT2D eigenvalue weighted by atomic mass is 16.5. The van der Waals surface area contributed by atoms with Crippen molar-refractivity contribution in [3.8, 4) is 0 Å². The Kier molecular flexibility index (Phi) is 4.42. The van der Waals surface area contributed by atoms with Crippen LogP contribution in [0.25, 0.3) is 0 Å². The van der Waals surface area contributed by atoms with Gasteiger partial charge in [0.15, 0.2) is 0 Å². The van der Waals surface area contributed by atoms with Gasteiger partial charge in [-0.05, 0) is 45.1 Å². The van der Waals surface area contributed by atoms with Crippen molar-refractivity contribution in [2.45, 2.75) is 56.8 Å². The molecule has 0 aromatic heterocycles. The summed E-state index contributed by atoms with van der Waals surface area (Å²) in [5.41, 5.74) is 0. The lowest BCUT2D eigenvalue weighted by molar-refractivity contribution is 0.101. The van der Waals surface area contributed by atoms with Gasteiger partial charge in [-0.25, -0.2) is 0 Å². The van der Waals surface area contributed by atoms with Crippen LogP contribution in [0, 0.1) is 0 Å². The standard InChI is InChI=1S/C12H23NO2/c1-14-12-5-4-10(9-12)13-7-6-11-3-2-8-15-11/h10-13H,2-9H2,1H3. The average molecular weight is 213 g/mol.